The molecular weight excluding hydrogens is 222 g/mol. The van der Waals surface area contributed by atoms with E-state index in [1.54, 1.807) is 0 Å². The third-order valence-corrected chi connectivity index (χ3v) is 3.35. The molecule has 2 nitrogen and oxygen atoms in total. The van der Waals surface area contributed by atoms with E-state index in [1.807, 2.05) is 24.3 Å². The predicted molar refractivity (Wildman–Crippen MR) is 64.7 cm³/mol. The molecule has 1 aliphatic carbocycles. The summed E-state index contributed by atoms with van der Waals surface area (Å²) in [6.07, 6.45) is 4.53. The average molecular weight is 236 g/mol. The fraction of sp³-hybridized carbons (Fsp3) is 0.462. The molecule has 3 rings (SSSR count). The smallest absolute Gasteiger partial charge is 0.196 e. The Morgan fingerprint density at radius 2 is 2.19 bits per heavy atom. The molecule has 0 spiro atoms. The van der Waals surface area contributed by atoms with Gasteiger partial charge in [-0.2, -0.15) is 0 Å². The number of hydrogen-bond acceptors (Lipinski definition) is 2. The second-order valence-electron chi connectivity index (χ2n) is 4.56. The van der Waals surface area contributed by atoms with Crippen molar-refractivity contribution in [2.75, 3.05) is 0 Å². The van der Waals surface area contributed by atoms with E-state index in [-0.39, 0.29) is 5.38 Å². The standard InChI is InChI=1S/C13H14ClNO/c14-10(7-9-5-6-9)8-13-15-11-3-1-2-4-12(11)16-13/h1-4,9-10H,5-8H2. The molecule has 2 aromatic rings. The SMILES string of the molecule is ClC(Cc1nc2ccccc2o1)CC1CC1. The topological polar surface area (TPSA) is 26.0 Å². The number of benzene rings is 1. The lowest BCUT2D eigenvalue weighted by Gasteiger charge is -2.04. The number of halogens is 1. The van der Waals surface area contributed by atoms with Crippen LogP contribution < -0.4 is 0 Å². The van der Waals surface area contributed by atoms with Gasteiger partial charge in [0.1, 0.15) is 5.52 Å². The van der Waals surface area contributed by atoms with Gasteiger partial charge in [0, 0.05) is 11.8 Å². The Bertz CT molecular complexity index is 456. The minimum Gasteiger partial charge on any atom is -0.441 e. The van der Waals surface area contributed by atoms with Crippen molar-refractivity contribution in [1.82, 2.24) is 4.98 Å². The van der Waals surface area contributed by atoms with Crippen LogP contribution in [0.15, 0.2) is 28.7 Å². The molecule has 1 heterocycles. The summed E-state index contributed by atoms with van der Waals surface area (Å²) in [6, 6.07) is 7.83. The maximum atomic E-state index is 6.28. The van der Waals surface area contributed by atoms with Crippen molar-refractivity contribution in [3.63, 3.8) is 0 Å². The van der Waals surface area contributed by atoms with Crippen molar-refractivity contribution in [3.05, 3.63) is 30.2 Å². The first-order valence-electron chi connectivity index (χ1n) is 5.80. The van der Waals surface area contributed by atoms with Gasteiger partial charge in [0.2, 0.25) is 0 Å². The van der Waals surface area contributed by atoms with Gasteiger partial charge in [-0.25, -0.2) is 4.98 Å². The van der Waals surface area contributed by atoms with Crippen LogP contribution in [-0.2, 0) is 6.42 Å². The van der Waals surface area contributed by atoms with Crippen LogP contribution in [0.1, 0.15) is 25.2 Å². The molecule has 0 saturated heterocycles. The van der Waals surface area contributed by atoms with Crippen LogP contribution in [0.25, 0.3) is 11.1 Å². The molecule has 0 aliphatic heterocycles. The number of nitrogens with zero attached hydrogens (tertiary/aromatic N) is 1. The summed E-state index contributed by atoms with van der Waals surface area (Å²) in [5, 5.41) is 0.167. The first kappa shape index (κ1) is 10.2. The first-order chi connectivity index (χ1) is 7.81. The highest BCUT2D eigenvalue weighted by atomic mass is 35.5. The van der Waals surface area contributed by atoms with Gasteiger partial charge < -0.3 is 4.42 Å². The summed E-state index contributed by atoms with van der Waals surface area (Å²) in [5.74, 6) is 1.62. The molecule has 0 N–H and O–H groups in total. The molecule has 16 heavy (non-hydrogen) atoms. The van der Waals surface area contributed by atoms with Gasteiger partial charge in [0.25, 0.3) is 0 Å². The highest BCUT2D eigenvalue weighted by Gasteiger charge is 2.25. The van der Waals surface area contributed by atoms with Crippen molar-refractivity contribution in [2.45, 2.75) is 31.1 Å². The number of para-hydroxylation sites is 2. The van der Waals surface area contributed by atoms with Crippen LogP contribution in [0.4, 0.5) is 0 Å². The lowest BCUT2D eigenvalue weighted by atomic mass is 10.2. The van der Waals surface area contributed by atoms with E-state index in [2.05, 4.69) is 4.98 Å². The summed E-state index contributed by atoms with van der Waals surface area (Å²) in [6.45, 7) is 0. The summed E-state index contributed by atoms with van der Waals surface area (Å²) in [4.78, 5) is 4.43. The van der Waals surface area contributed by atoms with E-state index in [4.69, 9.17) is 16.0 Å². The molecule has 1 aromatic heterocycles. The Kier molecular flexibility index (Phi) is 2.60. The molecule has 0 radical (unpaired) electrons. The molecule has 0 bridgehead atoms. The Labute approximate surface area is 99.6 Å². The molecule has 3 heteroatoms. The van der Waals surface area contributed by atoms with Gasteiger partial charge in [-0.3, -0.25) is 0 Å². The predicted octanol–water partition coefficient (Wildman–Crippen LogP) is 3.78. The second-order valence-corrected chi connectivity index (χ2v) is 5.17. The van der Waals surface area contributed by atoms with Crippen LogP contribution in [0.2, 0.25) is 0 Å². The van der Waals surface area contributed by atoms with Crippen LogP contribution >= 0.6 is 11.6 Å². The summed E-state index contributed by atoms with van der Waals surface area (Å²) < 4.78 is 5.65. The molecule has 1 aromatic carbocycles. The van der Waals surface area contributed by atoms with E-state index in [0.717, 1.165) is 35.7 Å². The van der Waals surface area contributed by atoms with Crippen LogP contribution in [0, 0.1) is 5.92 Å². The molecule has 84 valence electrons. The quantitative estimate of drug-likeness (QED) is 0.754. The zero-order valence-electron chi connectivity index (χ0n) is 9.03. The van der Waals surface area contributed by atoms with Gasteiger partial charge in [-0.05, 0) is 24.5 Å². The highest BCUT2D eigenvalue weighted by molar-refractivity contribution is 6.20. The minimum atomic E-state index is 0.167. The summed E-state index contributed by atoms with van der Waals surface area (Å²) in [7, 11) is 0. The summed E-state index contributed by atoms with van der Waals surface area (Å²) in [5.41, 5.74) is 1.78. The van der Waals surface area contributed by atoms with Crippen molar-refractivity contribution in [2.24, 2.45) is 5.92 Å². The van der Waals surface area contributed by atoms with Crippen molar-refractivity contribution in [3.8, 4) is 0 Å². The molecule has 1 unspecified atom stereocenters. The molecule has 0 amide bonds. The van der Waals surface area contributed by atoms with Crippen molar-refractivity contribution < 1.29 is 4.42 Å². The number of hydrogen-bond donors (Lipinski definition) is 0. The zero-order chi connectivity index (χ0) is 11.0. The maximum absolute atomic E-state index is 6.28. The summed E-state index contributed by atoms with van der Waals surface area (Å²) >= 11 is 6.28. The molecule has 1 aliphatic rings. The minimum absolute atomic E-state index is 0.167. The average Bonchev–Trinajstić information content (AvgIpc) is 2.97. The largest absolute Gasteiger partial charge is 0.441 e. The maximum Gasteiger partial charge on any atom is 0.196 e. The van der Waals surface area contributed by atoms with E-state index in [9.17, 15) is 0 Å². The third kappa shape index (κ3) is 2.22. The third-order valence-electron chi connectivity index (χ3n) is 3.02. The van der Waals surface area contributed by atoms with Crippen LogP contribution in [-0.4, -0.2) is 10.4 Å². The number of oxazole rings is 1. The number of fused-ring (bicyclic) bond motifs is 1. The molecule has 1 saturated carbocycles. The number of rotatable bonds is 4. The monoisotopic (exact) mass is 235 g/mol. The van der Waals surface area contributed by atoms with E-state index in [0.29, 0.717) is 0 Å². The molecule has 1 atom stereocenters. The zero-order valence-corrected chi connectivity index (χ0v) is 9.78. The lowest BCUT2D eigenvalue weighted by Crippen LogP contribution is -2.04. The van der Waals surface area contributed by atoms with Crippen LogP contribution in [0.3, 0.4) is 0 Å². The Balaban J connectivity index is 1.72. The van der Waals surface area contributed by atoms with Gasteiger partial charge in [0.15, 0.2) is 11.5 Å². The van der Waals surface area contributed by atoms with E-state index >= 15 is 0 Å². The Morgan fingerprint density at radius 3 is 2.94 bits per heavy atom. The number of alkyl halides is 1. The first-order valence-corrected chi connectivity index (χ1v) is 6.23. The van der Waals surface area contributed by atoms with E-state index in [1.165, 1.54) is 12.8 Å². The Hall–Kier alpha value is -1.02. The van der Waals surface area contributed by atoms with Crippen molar-refractivity contribution in [1.29, 1.82) is 0 Å². The van der Waals surface area contributed by atoms with Gasteiger partial charge in [0.05, 0.1) is 0 Å². The lowest BCUT2D eigenvalue weighted by molar-refractivity contribution is 0.510. The van der Waals surface area contributed by atoms with Gasteiger partial charge >= 0.3 is 0 Å². The van der Waals surface area contributed by atoms with Gasteiger partial charge in [-0.1, -0.05) is 25.0 Å². The molecule has 1 fully saturated rings. The highest BCUT2D eigenvalue weighted by Crippen LogP contribution is 2.35. The van der Waals surface area contributed by atoms with E-state index < -0.39 is 0 Å². The second kappa shape index (κ2) is 4.10. The van der Waals surface area contributed by atoms with Gasteiger partial charge in [-0.15, -0.1) is 11.6 Å². The normalized spacial score (nSPS) is 17.8. The van der Waals surface area contributed by atoms with Crippen LogP contribution in [0.5, 0.6) is 0 Å². The Morgan fingerprint density at radius 1 is 1.38 bits per heavy atom. The fourth-order valence-corrected chi connectivity index (χ4v) is 2.38. The van der Waals surface area contributed by atoms with Crippen molar-refractivity contribution >= 4 is 22.7 Å². The fourth-order valence-electron chi connectivity index (χ4n) is 2.00. The number of aromatic nitrogens is 1. The molecular formula is C13H14ClNO.